The van der Waals surface area contributed by atoms with Crippen LogP contribution in [-0.4, -0.2) is 52.8 Å². The van der Waals surface area contributed by atoms with Crippen molar-refractivity contribution in [3.63, 3.8) is 0 Å². The minimum atomic E-state index is -0.372. The fraction of sp³-hybridized carbons (Fsp3) is 0.208. The summed E-state index contributed by atoms with van der Waals surface area (Å²) in [4.78, 5) is 26.0. The lowest BCUT2D eigenvalue weighted by Crippen LogP contribution is -2.21. The molecule has 0 fully saturated rings. The number of nitrogens with one attached hydrogen (secondary N) is 2. The van der Waals surface area contributed by atoms with Crippen LogP contribution in [-0.2, 0) is 0 Å². The Morgan fingerprint density at radius 3 is 2.74 bits per heavy atom. The van der Waals surface area contributed by atoms with Gasteiger partial charge in [-0.25, -0.2) is 9.37 Å². The van der Waals surface area contributed by atoms with Gasteiger partial charge >= 0.3 is 0 Å². The number of aromatic amines is 1. The van der Waals surface area contributed by atoms with E-state index in [4.69, 9.17) is 0 Å². The van der Waals surface area contributed by atoms with Gasteiger partial charge in [0.1, 0.15) is 11.6 Å². The van der Waals surface area contributed by atoms with E-state index < -0.39 is 0 Å². The lowest BCUT2D eigenvalue weighted by molar-refractivity contribution is 0.101. The zero-order valence-corrected chi connectivity index (χ0v) is 17.7. The first-order valence-corrected chi connectivity index (χ1v) is 10.1. The number of Topliss-reactive ketones (excluding diaryl/α,β-unsaturated/α-hetero) is 1. The normalized spacial score (nSPS) is 11.3. The van der Waals surface area contributed by atoms with E-state index in [1.807, 2.05) is 32.3 Å². The molecule has 31 heavy (non-hydrogen) atoms. The van der Waals surface area contributed by atoms with Crippen LogP contribution in [0.1, 0.15) is 17.3 Å². The van der Waals surface area contributed by atoms with Crippen LogP contribution in [0.3, 0.4) is 0 Å². The van der Waals surface area contributed by atoms with Crippen molar-refractivity contribution in [2.45, 2.75) is 6.92 Å². The van der Waals surface area contributed by atoms with Crippen LogP contribution < -0.4 is 5.32 Å². The van der Waals surface area contributed by atoms with E-state index in [0.29, 0.717) is 22.5 Å². The Kier molecular flexibility index (Phi) is 5.77. The fourth-order valence-electron chi connectivity index (χ4n) is 3.45. The number of carbonyl (C=O) groups excluding carboxylic acids is 1. The highest BCUT2D eigenvalue weighted by molar-refractivity contribution is 6.00. The molecule has 0 atom stereocenters. The SMILES string of the molecule is CC(=O)c1ccc(F)c(-c2c[nH]c3ccc(-c4cncc(NCCN(C)C)n4)cc23)c1. The Morgan fingerprint density at radius 2 is 1.97 bits per heavy atom. The Hall–Kier alpha value is -3.58. The monoisotopic (exact) mass is 417 g/mol. The summed E-state index contributed by atoms with van der Waals surface area (Å²) in [6.07, 6.45) is 5.17. The smallest absolute Gasteiger partial charge is 0.159 e. The predicted molar refractivity (Wildman–Crippen MR) is 122 cm³/mol. The lowest BCUT2D eigenvalue weighted by Gasteiger charge is -2.11. The molecular formula is C24H24FN5O. The van der Waals surface area contributed by atoms with Crippen molar-refractivity contribution in [2.24, 2.45) is 0 Å². The number of nitrogens with zero attached hydrogens (tertiary/aromatic N) is 3. The number of rotatable bonds is 7. The number of likely N-dealkylation sites (N-methyl/N-ethyl adjacent to an activating group) is 1. The molecular weight excluding hydrogens is 393 g/mol. The molecule has 7 heteroatoms. The summed E-state index contributed by atoms with van der Waals surface area (Å²) in [6, 6.07) is 10.3. The molecule has 0 aliphatic heterocycles. The highest BCUT2D eigenvalue weighted by Crippen LogP contribution is 2.33. The molecule has 4 aromatic rings. The second kappa shape index (κ2) is 8.65. The summed E-state index contributed by atoms with van der Waals surface area (Å²) >= 11 is 0. The maximum atomic E-state index is 14.6. The molecule has 0 spiro atoms. The van der Waals surface area contributed by atoms with E-state index in [-0.39, 0.29) is 11.6 Å². The molecule has 0 saturated heterocycles. The van der Waals surface area contributed by atoms with E-state index >= 15 is 0 Å². The standard InChI is InChI=1S/C24H24FN5O/c1-15(31)16-4-6-21(25)18(10-16)20-12-28-22-7-5-17(11-19(20)22)23-13-26-14-24(29-23)27-8-9-30(2)3/h4-7,10-14,28H,8-9H2,1-3H3,(H,27,29). The van der Waals surface area contributed by atoms with E-state index in [1.165, 1.54) is 19.1 Å². The highest BCUT2D eigenvalue weighted by atomic mass is 19.1. The molecule has 0 aliphatic rings. The molecule has 0 aliphatic carbocycles. The fourth-order valence-corrected chi connectivity index (χ4v) is 3.45. The van der Waals surface area contributed by atoms with Crippen LogP contribution in [0, 0.1) is 5.82 Å². The summed E-state index contributed by atoms with van der Waals surface area (Å²) in [6.45, 7) is 3.12. The van der Waals surface area contributed by atoms with E-state index in [9.17, 15) is 9.18 Å². The first-order valence-electron chi connectivity index (χ1n) is 10.1. The average Bonchev–Trinajstić information content (AvgIpc) is 3.17. The van der Waals surface area contributed by atoms with Crippen LogP contribution in [0.25, 0.3) is 33.3 Å². The zero-order chi connectivity index (χ0) is 22.0. The highest BCUT2D eigenvalue weighted by Gasteiger charge is 2.14. The average molecular weight is 417 g/mol. The van der Waals surface area contributed by atoms with Crippen molar-refractivity contribution in [1.82, 2.24) is 19.9 Å². The third-order valence-corrected chi connectivity index (χ3v) is 5.14. The second-order valence-electron chi connectivity index (χ2n) is 7.73. The topological polar surface area (TPSA) is 73.9 Å². The van der Waals surface area contributed by atoms with Gasteiger partial charge in [0.25, 0.3) is 0 Å². The number of aromatic nitrogens is 3. The van der Waals surface area contributed by atoms with Crippen molar-refractivity contribution in [3.05, 3.63) is 66.4 Å². The molecule has 158 valence electrons. The van der Waals surface area contributed by atoms with Gasteiger partial charge in [-0.2, -0.15) is 0 Å². The lowest BCUT2D eigenvalue weighted by atomic mass is 9.99. The summed E-state index contributed by atoms with van der Waals surface area (Å²) in [5.74, 6) is 0.229. The molecule has 0 amide bonds. The van der Waals surface area contributed by atoms with Gasteiger partial charge in [-0.1, -0.05) is 6.07 Å². The van der Waals surface area contributed by atoms with Crippen LogP contribution >= 0.6 is 0 Å². The molecule has 0 radical (unpaired) electrons. The number of H-pyrrole nitrogens is 1. The number of hydrogen-bond donors (Lipinski definition) is 2. The molecule has 2 N–H and O–H groups in total. The Balaban J connectivity index is 1.72. The van der Waals surface area contributed by atoms with Crippen LogP contribution in [0.5, 0.6) is 0 Å². The van der Waals surface area contributed by atoms with E-state index in [0.717, 1.165) is 35.2 Å². The molecule has 0 saturated carbocycles. The number of anilines is 1. The Morgan fingerprint density at radius 1 is 1.13 bits per heavy atom. The summed E-state index contributed by atoms with van der Waals surface area (Å²) < 4.78 is 14.6. The minimum absolute atomic E-state index is 0.101. The van der Waals surface area contributed by atoms with Gasteiger partial charge in [-0.3, -0.25) is 9.78 Å². The predicted octanol–water partition coefficient (Wildman–Crippen LogP) is 4.61. The van der Waals surface area contributed by atoms with Crippen LogP contribution in [0.15, 0.2) is 55.0 Å². The molecule has 2 heterocycles. The Labute approximate surface area is 180 Å². The molecule has 2 aromatic heterocycles. The van der Waals surface area contributed by atoms with E-state index in [2.05, 4.69) is 25.2 Å². The van der Waals surface area contributed by atoms with Crippen LogP contribution in [0.4, 0.5) is 10.2 Å². The van der Waals surface area contributed by atoms with Crippen molar-refractivity contribution in [1.29, 1.82) is 0 Å². The summed E-state index contributed by atoms with van der Waals surface area (Å²) in [5.41, 5.74) is 4.04. The summed E-state index contributed by atoms with van der Waals surface area (Å²) in [5, 5.41) is 4.13. The van der Waals surface area contributed by atoms with Crippen LogP contribution in [0.2, 0.25) is 0 Å². The number of halogens is 1. The number of ketones is 1. The third-order valence-electron chi connectivity index (χ3n) is 5.14. The van der Waals surface area contributed by atoms with Gasteiger partial charge in [-0.15, -0.1) is 0 Å². The quantitative estimate of drug-likeness (QED) is 0.430. The molecule has 4 rings (SSSR count). The summed E-state index contributed by atoms with van der Waals surface area (Å²) in [7, 11) is 4.03. The van der Waals surface area contributed by atoms with Gasteiger partial charge in [0.2, 0.25) is 0 Å². The molecule has 2 aromatic carbocycles. The van der Waals surface area contributed by atoms with Gasteiger partial charge in [0.15, 0.2) is 5.78 Å². The first-order chi connectivity index (χ1) is 14.9. The maximum absolute atomic E-state index is 14.6. The number of carbonyl (C=O) groups is 1. The van der Waals surface area contributed by atoms with Crippen molar-refractivity contribution < 1.29 is 9.18 Å². The van der Waals surface area contributed by atoms with Crippen molar-refractivity contribution in [2.75, 3.05) is 32.5 Å². The second-order valence-corrected chi connectivity index (χ2v) is 7.73. The van der Waals surface area contributed by atoms with Crippen molar-refractivity contribution in [3.8, 4) is 22.4 Å². The largest absolute Gasteiger partial charge is 0.367 e. The van der Waals surface area contributed by atoms with Gasteiger partial charge in [0, 0.05) is 52.4 Å². The van der Waals surface area contributed by atoms with Gasteiger partial charge in [0.05, 0.1) is 18.1 Å². The molecule has 0 bridgehead atoms. The van der Waals surface area contributed by atoms with E-state index in [1.54, 1.807) is 24.7 Å². The molecule has 6 nitrogen and oxygen atoms in total. The maximum Gasteiger partial charge on any atom is 0.159 e. The first kappa shape index (κ1) is 20.7. The van der Waals surface area contributed by atoms with Gasteiger partial charge in [-0.05, 0) is 51.4 Å². The third kappa shape index (κ3) is 4.46. The number of hydrogen-bond acceptors (Lipinski definition) is 5. The zero-order valence-electron chi connectivity index (χ0n) is 17.7. The number of benzene rings is 2. The minimum Gasteiger partial charge on any atom is -0.367 e. The number of fused-ring (bicyclic) bond motifs is 1. The van der Waals surface area contributed by atoms with Crippen molar-refractivity contribution >= 4 is 22.5 Å². The Bertz CT molecular complexity index is 1250. The molecule has 0 unspecified atom stereocenters. The van der Waals surface area contributed by atoms with Gasteiger partial charge < -0.3 is 15.2 Å².